The maximum absolute atomic E-state index is 6.26. The Bertz CT molecular complexity index is 1160. The van der Waals surface area contributed by atoms with Crippen molar-refractivity contribution in [2.75, 3.05) is 14.2 Å². The number of hydrogen-bond acceptors (Lipinski definition) is 6. The first-order chi connectivity index (χ1) is 14.5. The van der Waals surface area contributed by atoms with Crippen molar-refractivity contribution in [1.82, 2.24) is 20.4 Å². The Morgan fingerprint density at radius 1 is 0.933 bits per heavy atom. The Kier molecular flexibility index (Phi) is 5.27. The van der Waals surface area contributed by atoms with Crippen molar-refractivity contribution in [1.29, 1.82) is 0 Å². The van der Waals surface area contributed by atoms with Gasteiger partial charge in [0, 0.05) is 22.6 Å². The first-order valence-corrected chi connectivity index (χ1v) is 9.67. The standard InChI is InChI=1S/C23H24N4O3/c1-13-12-24-25-14(2)22(13)15(3)30-17-6-7-21-20(11-17)23(27-26-21)16-8-18(28-4)10-19(9-16)29-5/h6-12,15H,1-5H3,(H,26,27)/t15-/m1/s1. The van der Waals surface area contributed by atoms with Crippen LogP contribution in [0.3, 0.4) is 0 Å². The molecule has 0 fully saturated rings. The predicted molar refractivity (Wildman–Crippen MR) is 115 cm³/mol. The molecule has 7 nitrogen and oxygen atoms in total. The Hall–Kier alpha value is -3.61. The van der Waals surface area contributed by atoms with Crippen LogP contribution in [0.15, 0.2) is 42.6 Å². The predicted octanol–water partition coefficient (Wildman–Crippen LogP) is 4.79. The fourth-order valence-corrected chi connectivity index (χ4v) is 3.72. The zero-order valence-electron chi connectivity index (χ0n) is 17.7. The third kappa shape index (κ3) is 3.66. The average molecular weight is 404 g/mol. The summed E-state index contributed by atoms with van der Waals surface area (Å²) >= 11 is 0. The van der Waals surface area contributed by atoms with Crippen LogP contribution in [0.25, 0.3) is 22.2 Å². The fraction of sp³-hybridized carbons (Fsp3) is 0.261. The lowest BCUT2D eigenvalue weighted by Crippen LogP contribution is -2.09. The molecule has 2 aromatic heterocycles. The maximum Gasteiger partial charge on any atom is 0.123 e. The van der Waals surface area contributed by atoms with Gasteiger partial charge < -0.3 is 14.2 Å². The summed E-state index contributed by atoms with van der Waals surface area (Å²) < 4.78 is 17.1. The van der Waals surface area contributed by atoms with Crippen molar-refractivity contribution in [2.24, 2.45) is 0 Å². The van der Waals surface area contributed by atoms with Crippen molar-refractivity contribution in [2.45, 2.75) is 26.9 Å². The summed E-state index contributed by atoms with van der Waals surface area (Å²) in [5, 5.41) is 16.7. The second kappa shape index (κ2) is 8.02. The van der Waals surface area contributed by atoms with Gasteiger partial charge in [-0.3, -0.25) is 5.10 Å². The molecule has 0 saturated heterocycles. The minimum absolute atomic E-state index is 0.162. The van der Waals surface area contributed by atoms with Gasteiger partial charge in [-0.2, -0.15) is 15.3 Å². The highest BCUT2D eigenvalue weighted by atomic mass is 16.5. The van der Waals surface area contributed by atoms with Crippen molar-refractivity contribution in [3.05, 3.63) is 59.4 Å². The molecule has 1 atom stereocenters. The Morgan fingerprint density at radius 3 is 2.33 bits per heavy atom. The number of ether oxygens (including phenoxy) is 3. The van der Waals surface area contributed by atoms with E-state index in [9.17, 15) is 0 Å². The number of fused-ring (bicyclic) bond motifs is 1. The Balaban J connectivity index is 1.72. The zero-order chi connectivity index (χ0) is 21.3. The lowest BCUT2D eigenvalue weighted by atomic mass is 10.0. The topological polar surface area (TPSA) is 82.2 Å². The van der Waals surface area contributed by atoms with E-state index in [1.807, 2.05) is 57.2 Å². The second-order valence-corrected chi connectivity index (χ2v) is 7.17. The molecule has 2 aromatic carbocycles. The number of methoxy groups -OCH3 is 2. The van der Waals surface area contributed by atoms with Crippen molar-refractivity contribution >= 4 is 10.9 Å². The summed E-state index contributed by atoms with van der Waals surface area (Å²) in [7, 11) is 3.26. The van der Waals surface area contributed by atoms with Gasteiger partial charge in [0.2, 0.25) is 0 Å². The van der Waals surface area contributed by atoms with Crippen LogP contribution in [0.4, 0.5) is 0 Å². The monoisotopic (exact) mass is 404 g/mol. The third-order valence-corrected chi connectivity index (χ3v) is 5.15. The molecule has 2 heterocycles. The lowest BCUT2D eigenvalue weighted by molar-refractivity contribution is 0.225. The highest BCUT2D eigenvalue weighted by Gasteiger charge is 2.16. The van der Waals surface area contributed by atoms with E-state index in [2.05, 4.69) is 20.4 Å². The molecule has 0 aliphatic rings. The van der Waals surface area contributed by atoms with Crippen LogP contribution in [0.5, 0.6) is 17.2 Å². The number of hydrogen-bond donors (Lipinski definition) is 1. The fourth-order valence-electron chi connectivity index (χ4n) is 3.72. The van der Waals surface area contributed by atoms with Crippen LogP contribution in [0, 0.1) is 13.8 Å². The Morgan fingerprint density at radius 2 is 1.67 bits per heavy atom. The Labute approximate surface area is 175 Å². The van der Waals surface area contributed by atoms with E-state index in [0.717, 1.165) is 44.7 Å². The molecular weight excluding hydrogens is 380 g/mol. The molecule has 30 heavy (non-hydrogen) atoms. The minimum atomic E-state index is -0.162. The summed E-state index contributed by atoms with van der Waals surface area (Å²) in [5.74, 6) is 2.17. The molecule has 0 radical (unpaired) electrons. The number of H-pyrrole nitrogens is 1. The van der Waals surface area contributed by atoms with Crippen molar-refractivity contribution in [3.63, 3.8) is 0 Å². The highest BCUT2D eigenvalue weighted by Crippen LogP contribution is 2.35. The van der Waals surface area contributed by atoms with Gasteiger partial charge in [-0.25, -0.2) is 0 Å². The molecule has 0 aliphatic heterocycles. The number of rotatable bonds is 6. The minimum Gasteiger partial charge on any atom is -0.497 e. The largest absolute Gasteiger partial charge is 0.497 e. The first-order valence-electron chi connectivity index (χ1n) is 9.67. The SMILES string of the molecule is COc1cc(OC)cc(-c2n[nH]c3ccc(O[C@H](C)c4c(C)cnnc4C)cc23)c1. The van der Waals surface area contributed by atoms with Crippen LogP contribution < -0.4 is 14.2 Å². The molecule has 4 aromatic rings. The van der Waals surface area contributed by atoms with Crippen LogP contribution in [-0.2, 0) is 0 Å². The number of nitrogens with one attached hydrogen (secondary N) is 1. The molecular formula is C23H24N4O3. The molecule has 4 rings (SSSR count). The van der Waals surface area contributed by atoms with E-state index in [-0.39, 0.29) is 6.10 Å². The van der Waals surface area contributed by atoms with Crippen LogP contribution in [-0.4, -0.2) is 34.6 Å². The molecule has 0 amide bonds. The summed E-state index contributed by atoms with van der Waals surface area (Å²) in [5.41, 5.74) is 5.60. The zero-order valence-corrected chi connectivity index (χ0v) is 17.7. The number of nitrogens with zero attached hydrogens (tertiary/aromatic N) is 3. The van der Waals surface area contributed by atoms with E-state index >= 15 is 0 Å². The molecule has 1 N–H and O–H groups in total. The van der Waals surface area contributed by atoms with Crippen LogP contribution >= 0.6 is 0 Å². The van der Waals surface area contributed by atoms with Gasteiger partial charge in [0.15, 0.2) is 0 Å². The van der Waals surface area contributed by atoms with E-state index in [0.29, 0.717) is 11.5 Å². The normalized spacial score (nSPS) is 12.0. The smallest absolute Gasteiger partial charge is 0.123 e. The van der Waals surface area contributed by atoms with Crippen LogP contribution in [0.1, 0.15) is 29.8 Å². The number of aromatic nitrogens is 4. The summed E-state index contributed by atoms with van der Waals surface area (Å²) in [4.78, 5) is 0. The van der Waals surface area contributed by atoms with Gasteiger partial charge in [0.25, 0.3) is 0 Å². The molecule has 0 aliphatic carbocycles. The van der Waals surface area contributed by atoms with E-state index in [1.54, 1.807) is 20.4 Å². The van der Waals surface area contributed by atoms with E-state index in [4.69, 9.17) is 14.2 Å². The first kappa shape index (κ1) is 19.7. The summed E-state index contributed by atoms with van der Waals surface area (Å²) in [6, 6.07) is 11.6. The van der Waals surface area contributed by atoms with Gasteiger partial charge in [0.1, 0.15) is 29.0 Å². The van der Waals surface area contributed by atoms with Gasteiger partial charge in [-0.15, -0.1) is 0 Å². The molecule has 0 unspecified atom stereocenters. The maximum atomic E-state index is 6.26. The van der Waals surface area contributed by atoms with E-state index < -0.39 is 0 Å². The summed E-state index contributed by atoms with van der Waals surface area (Å²) in [6.07, 6.45) is 1.60. The van der Waals surface area contributed by atoms with Gasteiger partial charge in [-0.1, -0.05) is 0 Å². The van der Waals surface area contributed by atoms with Gasteiger partial charge in [0.05, 0.1) is 31.6 Å². The lowest BCUT2D eigenvalue weighted by Gasteiger charge is -2.18. The third-order valence-electron chi connectivity index (χ3n) is 5.15. The van der Waals surface area contributed by atoms with Gasteiger partial charge in [-0.05, 0) is 56.7 Å². The average Bonchev–Trinajstić information content (AvgIpc) is 3.16. The molecule has 0 spiro atoms. The highest BCUT2D eigenvalue weighted by molar-refractivity contribution is 5.94. The second-order valence-electron chi connectivity index (χ2n) is 7.17. The van der Waals surface area contributed by atoms with Crippen molar-refractivity contribution in [3.8, 4) is 28.5 Å². The summed E-state index contributed by atoms with van der Waals surface area (Å²) in [6.45, 7) is 5.98. The molecule has 0 bridgehead atoms. The number of aromatic amines is 1. The van der Waals surface area contributed by atoms with E-state index in [1.165, 1.54) is 0 Å². The van der Waals surface area contributed by atoms with Gasteiger partial charge >= 0.3 is 0 Å². The molecule has 7 heteroatoms. The van der Waals surface area contributed by atoms with Crippen LogP contribution in [0.2, 0.25) is 0 Å². The van der Waals surface area contributed by atoms with Crippen molar-refractivity contribution < 1.29 is 14.2 Å². The number of aryl methyl sites for hydroxylation is 2. The molecule has 0 saturated carbocycles. The quantitative estimate of drug-likeness (QED) is 0.497. The molecule has 154 valence electrons. The number of benzene rings is 2.